The monoisotopic (exact) mass is 648 g/mol. The number of nitrogens with one attached hydrogen (secondary N) is 6. The number of aryl methyl sites for hydroxylation is 2. The number of hydrogen-bond donors (Lipinski definition) is 6. The van der Waals surface area contributed by atoms with Crippen molar-refractivity contribution in [1.29, 1.82) is 0 Å². The van der Waals surface area contributed by atoms with Crippen molar-refractivity contribution < 1.29 is 28.8 Å². The summed E-state index contributed by atoms with van der Waals surface area (Å²) in [5.74, 6) is -2.46. The highest BCUT2D eigenvalue weighted by Gasteiger charge is 2.12. The molecule has 0 fully saturated rings. The van der Waals surface area contributed by atoms with Gasteiger partial charge in [0.25, 0.3) is 23.6 Å². The van der Waals surface area contributed by atoms with Crippen molar-refractivity contribution in [3.8, 4) is 0 Å². The molecule has 4 rings (SSSR count). The van der Waals surface area contributed by atoms with Crippen LogP contribution in [0.4, 0.5) is 11.4 Å². The van der Waals surface area contributed by atoms with E-state index in [2.05, 4.69) is 32.3 Å². The van der Waals surface area contributed by atoms with Gasteiger partial charge in [-0.15, -0.1) is 0 Å². The van der Waals surface area contributed by atoms with Crippen molar-refractivity contribution >= 4 is 46.8 Å². The average molecular weight is 649 g/mol. The quantitative estimate of drug-likeness (QED) is 0.102. The predicted octanol–water partition coefficient (Wildman–Crippen LogP) is 4.59. The molecule has 0 aliphatic heterocycles. The molecule has 0 heterocycles. The summed E-state index contributed by atoms with van der Waals surface area (Å²) in [6.45, 7) is 3.79. The van der Waals surface area contributed by atoms with Crippen molar-refractivity contribution in [3.63, 3.8) is 0 Å². The van der Waals surface area contributed by atoms with Crippen molar-refractivity contribution in [2.24, 2.45) is 0 Å². The smallest absolute Gasteiger partial charge is 0.269 e. The summed E-state index contributed by atoms with van der Waals surface area (Å²) >= 11 is 0. The third-order valence-corrected chi connectivity index (χ3v) is 7.06. The van der Waals surface area contributed by atoms with Gasteiger partial charge in [-0.1, -0.05) is 35.4 Å². The fourth-order valence-corrected chi connectivity index (χ4v) is 4.48. The van der Waals surface area contributed by atoms with E-state index in [1.54, 1.807) is 60.7 Å². The minimum Gasteiger partial charge on any atom is -0.322 e. The van der Waals surface area contributed by atoms with E-state index in [4.69, 9.17) is 0 Å². The van der Waals surface area contributed by atoms with Gasteiger partial charge in [0.1, 0.15) is 0 Å². The Balaban J connectivity index is 1.08. The Labute approximate surface area is 277 Å². The first-order valence-electron chi connectivity index (χ1n) is 15.2. The number of anilines is 2. The van der Waals surface area contributed by atoms with Crippen LogP contribution in [0.3, 0.4) is 0 Å². The molecule has 12 nitrogen and oxygen atoms in total. The zero-order chi connectivity index (χ0) is 34.5. The Morgan fingerprint density at radius 1 is 0.438 bits per heavy atom. The fourth-order valence-electron chi connectivity index (χ4n) is 4.48. The van der Waals surface area contributed by atoms with E-state index in [0.717, 1.165) is 11.1 Å². The minimum atomic E-state index is -0.531. The fraction of sp³-hybridized carbons (Fsp3) is 0.167. The molecule has 0 spiro atoms. The standard InChI is InChI=1S/C36H36N6O6/c1-23-7-5-9-27(21-23)33(45)37-29-17-13-25(14-18-29)35(47)41-39-31(43)11-3-4-12-32(44)40-42-36(48)26-15-19-30(20-16-26)38-34(46)28-10-6-8-24(2)22-28/h5-10,13-22H,3-4,11-12H2,1-2H3,(H,37,45)(H,38,46)(H,39,43)(H,40,44)(H,41,47)(H,42,48). The van der Waals surface area contributed by atoms with E-state index in [9.17, 15) is 28.8 Å². The van der Waals surface area contributed by atoms with Gasteiger partial charge in [-0.2, -0.15) is 0 Å². The Kier molecular flexibility index (Phi) is 12.1. The average Bonchev–Trinajstić information content (AvgIpc) is 3.08. The van der Waals surface area contributed by atoms with Crippen molar-refractivity contribution in [3.05, 3.63) is 130 Å². The number of rotatable bonds is 11. The van der Waals surface area contributed by atoms with Crippen LogP contribution < -0.4 is 32.3 Å². The number of hydrogen-bond acceptors (Lipinski definition) is 6. The Hall–Kier alpha value is -6.30. The van der Waals surface area contributed by atoms with Crippen LogP contribution in [-0.2, 0) is 9.59 Å². The van der Waals surface area contributed by atoms with Gasteiger partial charge in [-0.25, -0.2) is 0 Å². The third-order valence-electron chi connectivity index (χ3n) is 7.06. The van der Waals surface area contributed by atoms with Crippen molar-refractivity contribution in [2.75, 3.05) is 10.6 Å². The molecule has 0 aromatic heterocycles. The number of benzene rings is 4. The molecular weight excluding hydrogens is 612 g/mol. The van der Waals surface area contributed by atoms with Gasteiger partial charge >= 0.3 is 0 Å². The molecule has 6 N–H and O–H groups in total. The summed E-state index contributed by atoms with van der Waals surface area (Å²) in [7, 11) is 0. The topological polar surface area (TPSA) is 175 Å². The Morgan fingerprint density at radius 3 is 1.17 bits per heavy atom. The predicted molar refractivity (Wildman–Crippen MR) is 181 cm³/mol. The molecule has 0 aliphatic carbocycles. The largest absolute Gasteiger partial charge is 0.322 e. The van der Waals surface area contributed by atoms with Gasteiger partial charge < -0.3 is 10.6 Å². The van der Waals surface area contributed by atoms with Crippen LogP contribution in [0.2, 0.25) is 0 Å². The first-order valence-corrected chi connectivity index (χ1v) is 15.2. The van der Waals surface area contributed by atoms with E-state index >= 15 is 0 Å². The van der Waals surface area contributed by atoms with E-state index in [1.165, 1.54) is 24.3 Å². The van der Waals surface area contributed by atoms with Gasteiger partial charge in [0, 0.05) is 46.5 Å². The first kappa shape index (κ1) is 34.6. The van der Waals surface area contributed by atoms with Crippen LogP contribution in [0.5, 0.6) is 0 Å². The lowest BCUT2D eigenvalue weighted by atomic mass is 10.1. The molecule has 0 unspecified atom stereocenters. The molecule has 0 bridgehead atoms. The van der Waals surface area contributed by atoms with Gasteiger partial charge in [-0.05, 0) is 99.5 Å². The summed E-state index contributed by atoms with van der Waals surface area (Å²) in [5, 5.41) is 5.54. The number of hydrazine groups is 2. The zero-order valence-corrected chi connectivity index (χ0v) is 26.5. The van der Waals surface area contributed by atoms with Crippen LogP contribution in [0, 0.1) is 13.8 Å². The lowest BCUT2D eigenvalue weighted by Gasteiger charge is -2.10. The normalized spacial score (nSPS) is 10.3. The molecule has 6 amide bonds. The van der Waals surface area contributed by atoms with Crippen LogP contribution in [0.1, 0.15) is 78.2 Å². The summed E-state index contributed by atoms with van der Waals surface area (Å²) < 4.78 is 0. The second-order valence-corrected chi connectivity index (χ2v) is 11.0. The molecule has 12 heteroatoms. The molecule has 4 aromatic rings. The maximum atomic E-state index is 12.4. The van der Waals surface area contributed by atoms with Gasteiger partial charge in [0.2, 0.25) is 11.8 Å². The van der Waals surface area contributed by atoms with Crippen LogP contribution >= 0.6 is 0 Å². The number of carbonyl (C=O) groups is 6. The van der Waals surface area contributed by atoms with Crippen LogP contribution in [-0.4, -0.2) is 35.4 Å². The molecule has 48 heavy (non-hydrogen) atoms. The molecule has 0 saturated carbocycles. The van der Waals surface area contributed by atoms with Crippen molar-refractivity contribution in [2.45, 2.75) is 39.5 Å². The van der Waals surface area contributed by atoms with Crippen LogP contribution in [0.25, 0.3) is 0 Å². The summed E-state index contributed by atoms with van der Waals surface area (Å²) in [5.41, 5.74) is 13.9. The maximum Gasteiger partial charge on any atom is 0.269 e. The van der Waals surface area contributed by atoms with E-state index in [-0.39, 0.29) is 35.8 Å². The number of carbonyl (C=O) groups excluding carboxylic acids is 6. The number of amides is 6. The van der Waals surface area contributed by atoms with E-state index in [0.29, 0.717) is 35.3 Å². The summed E-state index contributed by atoms with van der Waals surface area (Å²) in [6.07, 6.45) is 0.871. The van der Waals surface area contributed by atoms with Crippen molar-refractivity contribution in [1.82, 2.24) is 21.7 Å². The highest BCUT2D eigenvalue weighted by molar-refractivity contribution is 6.05. The van der Waals surface area contributed by atoms with Crippen LogP contribution in [0.15, 0.2) is 97.1 Å². The van der Waals surface area contributed by atoms with Gasteiger partial charge in [0.05, 0.1) is 0 Å². The summed E-state index contributed by atoms with van der Waals surface area (Å²) in [6, 6.07) is 26.8. The zero-order valence-electron chi connectivity index (χ0n) is 26.5. The number of unbranched alkanes of at least 4 members (excludes halogenated alkanes) is 1. The van der Waals surface area contributed by atoms with Gasteiger partial charge in [-0.3, -0.25) is 50.5 Å². The molecular formula is C36H36N6O6. The van der Waals surface area contributed by atoms with E-state index in [1.807, 2.05) is 26.0 Å². The molecule has 0 radical (unpaired) electrons. The lowest BCUT2D eigenvalue weighted by Crippen LogP contribution is -2.42. The highest BCUT2D eigenvalue weighted by Crippen LogP contribution is 2.14. The molecule has 0 saturated heterocycles. The summed E-state index contributed by atoms with van der Waals surface area (Å²) in [4.78, 5) is 73.9. The SMILES string of the molecule is Cc1cccc(C(=O)Nc2ccc(C(=O)NNC(=O)CCCCC(=O)NNC(=O)c3ccc(NC(=O)c4cccc(C)c4)cc3)cc2)c1. The maximum absolute atomic E-state index is 12.4. The lowest BCUT2D eigenvalue weighted by molar-refractivity contribution is -0.123. The van der Waals surface area contributed by atoms with Gasteiger partial charge in [0.15, 0.2) is 0 Å². The highest BCUT2D eigenvalue weighted by atomic mass is 16.2. The van der Waals surface area contributed by atoms with E-state index < -0.39 is 23.6 Å². The second-order valence-electron chi connectivity index (χ2n) is 11.0. The second kappa shape index (κ2) is 16.9. The molecule has 4 aromatic carbocycles. The Morgan fingerprint density at radius 2 is 0.812 bits per heavy atom. The molecule has 0 aliphatic rings. The third kappa shape index (κ3) is 10.7. The minimum absolute atomic E-state index is 0.0661. The molecule has 0 atom stereocenters. The first-order chi connectivity index (χ1) is 23.1. The molecule has 246 valence electrons. The Bertz CT molecular complexity index is 1670.